The number of halogens is 1. The van der Waals surface area contributed by atoms with Crippen LogP contribution in [0.2, 0.25) is 0 Å². The molecule has 1 heterocycles. The highest BCUT2D eigenvalue weighted by Gasteiger charge is 2.20. The molecule has 19 heavy (non-hydrogen) atoms. The Bertz CT molecular complexity index is 696. The third-order valence-electron chi connectivity index (χ3n) is 2.58. The second-order valence-corrected chi connectivity index (χ2v) is 6.77. The van der Waals surface area contributed by atoms with Crippen molar-refractivity contribution in [3.05, 3.63) is 40.7 Å². The minimum absolute atomic E-state index is 0.262. The van der Waals surface area contributed by atoms with Gasteiger partial charge in [0.1, 0.15) is 10.7 Å². The molecule has 2 rings (SSSR count). The molecule has 2 aromatic rings. The van der Waals surface area contributed by atoms with Crippen LogP contribution in [-0.2, 0) is 16.4 Å². The van der Waals surface area contributed by atoms with Crippen LogP contribution in [0.1, 0.15) is 17.5 Å². The Kier molecular flexibility index (Phi) is 3.86. The van der Waals surface area contributed by atoms with Crippen LogP contribution in [0.5, 0.6) is 0 Å². The average molecular weight is 300 g/mol. The van der Waals surface area contributed by atoms with E-state index in [1.165, 1.54) is 29.5 Å². The summed E-state index contributed by atoms with van der Waals surface area (Å²) in [4.78, 5) is 4.75. The lowest BCUT2D eigenvalue weighted by Gasteiger charge is -2.05. The second kappa shape index (κ2) is 5.26. The highest BCUT2D eigenvalue weighted by molar-refractivity contribution is 7.93. The van der Waals surface area contributed by atoms with Crippen molar-refractivity contribution in [2.75, 3.05) is 4.72 Å². The Morgan fingerprint density at radius 2 is 2.05 bits per heavy atom. The summed E-state index contributed by atoms with van der Waals surface area (Å²) in [6.07, 6.45) is 0.726. The SMILES string of the molecule is CCc1nc(NS(=O)(=O)c2ccccc2F)sc1C. The van der Waals surface area contributed by atoms with Crippen molar-refractivity contribution in [3.63, 3.8) is 0 Å². The summed E-state index contributed by atoms with van der Waals surface area (Å²) < 4.78 is 39.9. The Hall–Kier alpha value is -1.47. The first-order valence-electron chi connectivity index (χ1n) is 5.67. The molecule has 102 valence electrons. The van der Waals surface area contributed by atoms with E-state index < -0.39 is 15.8 Å². The van der Waals surface area contributed by atoms with Crippen molar-refractivity contribution in [1.82, 2.24) is 4.98 Å². The van der Waals surface area contributed by atoms with Gasteiger partial charge < -0.3 is 0 Å². The number of thiazole rings is 1. The molecule has 1 aromatic heterocycles. The topological polar surface area (TPSA) is 59.1 Å². The third-order valence-corrected chi connectivity index (χ3v) is 5.01. The standard InChI is InChI=1S/C12H13FN2O2S2/c1-3-10-8(2)18-12(14-10)15-19(16,17)11-7-5-4-6-9(11)13/h4-7H,3H2,1-2H3,(H,14,15). The predicted molar refractivity (Wildman–Crippen MR) is 73.4 cm³/mol. The number of benzene rings is 1. The lowest BCUT2D eigenvalue weighted by molar-refractivity contribution is 0.570. The quantitative estimate of drug-likeness (QED) is 0.944. The van der Waals surface area contributed by atoms with Gasteiger partial charge in [0.2, 0.25) is 0 Å². The van der Waals surface area contributed by atoms with Gasteiger partial charge in [0.25, 0.3) is 10.0 Å². The second-order valence-electron chi connectivity index (χ2n) is 3.91. The Morgan fingerprint density at radius 1 is 1.37 bits per heavy atom. The summed E-state index contributed by atoms with van der Waals surface area (Å²) in [5, 5.41) is 0.262. The van der Waals surface area contributed by atoms with Crippen molar-refractivity contribution in [1.29, 1.82) is 0 Å². The summed E-state index contributed by atoms with van der Waals surface area (Å²) in [7, 11) is -3.93. The molecular weight excluding hydrogens is 287 g/mol. The molecule has 4 nitrogen and oxygen atoms in total. The molecule has 0 unspecified atom stereocenters. The highest BCUT2D eigenvalue weighted by atomic mass is 32.2. The Balaban J connectivity index is 2.34. The molecule has 0 saturated carbocycles. The zero-order valence-electron chi connectivity index (χ0n) is 10.5. The van der Waals surface area contributed by atoms with E-state index in [0.717, 1.165) is 23.1 Å². The third kappa shape index (κ3) is 2.93. The molecule has 0 bridgehead atoms. The predicted octanol–water partition coefficient (Wildman–Crippen LogP) is 2.95. The molecule has 0 aliphatic heterocycles. The van der Waals surface area contributed by atoms with Gasteiger partial charge >= 0.3 is 0 Å². The van der Waals surface area contributed by atoms with Gasteiger partial charge in [0.05, 0.1) is 5.69 Å². The van der Waals surface area contributed by atoms with E-state index >= 15 is 0 Å². The van der Waals surface area contributed by atoms with E-state index in [2.05, 4.69) is 9.71 Å². The monoisotopic (exact) mass is 300 g/mol. The molecular formula is C12H13FN2O2S2. The van der Waals surface area contributed by atoms with Gasteiger partial charge in [-0.15, -0.1) is 11.3 Å². The molecule has 0 atom stereocenters. The number of nitrogens with one attached hydrogen (secondary N) is 1. The molecule has 0 spiro atoms. The van der Waals surface area contributed by atoms with Crippen LogP contribution in [-0.4, -0.2) is 13.4 Å². The first kappa shape index (κ1) is 14.0. The van der Waals surface area contributed by atoms with Crippen LogP contribution < -0.4 is 4.72 Å². The summed E-state index contributed by atoms with van der Waals surface area (Å²) in [6.45, 7) is 3.81. The minimum Gasteiger partial charge on any atom is -0.255 e. The van der Waals surface area contributed by atoms with E-state index in [0.29, 0.717) is 0 Å². The van der Waals surface area contributed by atoms with Crippen LogP contribution in [0.15, 0.2) is 29.2 Å². The maximum absolute atomic E-state index is 13.5. The van der Waals surface area contributed by atoms with Crippen molar-refractivity contribution in [3.8, 4) is 0 Å². The summed E-state index contributed by atoms with van der Waals surface area (Å²) in [5.41, 5.74) is 0.844. The number of hydrogen-bond acceptors (Lipinski definition) is 4. The van der Waals surface area contributed by atoms with Crippen LogP contribution in [0, 0.1) is 12.7 Å². The zero-order chi connectivity index (χ0) is 14.0. The maximum atomic E-state index is 13.5. The van der Waals surface area contributed by atoms with Crippen molar-refractivity contribution >= 4 is 26.5 Å². The summed E-state index contributed by atoms with van der Waals surface area (Å²) >= 11 is 1.24. The van der Waals surface area contributed by atoms with Crippen LogP contribution in [0.25, 0.3) is 0 Å². The van der Waals surface area contributed by atoms with Crippen LogP contribution >= 0.6 is 11.3 Å². The number of nitrogens with zero attached hydrogens (tertiary/aromatic N) is 1. The molecule has 0 fully saturated rings. The van der Waals surface area contributed by atoms with Gasteiger partial charge in [0, 0.05) is 4.88 Å². The van der Waals surface area contributed by atoms with Crippen LogP contribution in [0.4, 0.5) is 9.52 Å². The normalized spacial score (nSPS) is 11.5. The molecule has 0 aliphatic carbocycles. The number of aryl methyl sites for hydroxylation is 2. The van der Waals surface area contributed by atoms with E-state index in [1.807, 2.05) is 13.8 Å². The molecule has 0 radical (unpaired) electrons. The Labute approximate surface area is 115 Å². The molecule has 0 amide bonds. The molecule has 0 saturated heterocycles. The fourth-order valence-corrected chi connectivity index (χ4v) is 3.85. The van der Waals surface area contributed by atoms with Crippen molar-refractivity contribution in [2.24, 2.45) is 0 Å². The summed E-state index contributed by atoms with van der Waals surface area (Å²) in [6, 6.07) is 5.25. The number of hydrogen-bond donors (Lipinski definition) is 1. The molecule has 1 N–H and O–H groups in total. The van der Waals surface area contributed by atoms with E-state index in [9.17, 15) is 12.8 Å². The van der Waals surface area contributed by atoms with Gasteiger partial charge in [0.15, 0.2) is 5.13 Å². The van der Waals surface area contributed by atoms with E-state index in [-0.39, 0.29) is 10.0 Å². The van der Waals surface area contributed by atoms with Gasteiger partial charge in [-0.1, -0.05) is 19.1 Å². The molecule has 7 heteroatoms. The smallest absolute Gasteiger partial charge is 0.255 e. The van der Waals surface area contributed by atoms with Crippen molar-refractivity contribution in [2.45, 2.75) is 25.2 Å². The minimum atomic E-state index is -3.93. The lowest BCUT2D eigenvalue weighted by atomic mass is 10.3. The number of rotatable bonds is 4. The van der Waals surface area contributed by atoms with Gasteiger partial charge in [-0.3, -0.25) is 4.72 Å². The fraction of sp³-hybridized carbons (Fsp3) is 0.250. The first-order chi connectivity index (χ1) is 8.94. The number of aromatic nitrogens is 1. The van der Waals surface area contributed by atoms with Crippen LogP contribution in [0.3, 0.4) is 0 Å². The highest BCUT2D eigenvalue weighted by Crippen LogP contribution is 2.25. The summed E-state index contributed by atoms with van der Waals surface area (Å²) in [5.74, 6) is -0.779. The van der Waals surface area contributed by atoms with E-state index in [4.69, 9.17) is 0 Å². The molecule has 0 aliphatic rings. The van der Waals surface area contributed by atoms with Gasteiger partial charge in [-0.2, -0.15) is 0 Å². The molecule has 1 aromatic carbocycles. The first-order valence-corrected chi connectivity index (χ1v) is 7.97. The van der Waals surface area contributed by atoms with E-state index in [1.54, 1.807) is 0 Å². The number of anilines is 1. The number of sulfonamides is 1. The fourth-order valence-electron chi connectivity index (χ4n) is 1.63. The largest absolute Gasteiger partial charge is 0.266 e. The maximum Gasteiger partial charge on any atom is 0.266 e. The van der Waals surface area contributed by atoms with Crippen molar-refractivity contribution < 1.29 is 12.8 Å². The lowest BCUT2D eigenvalue weighted by Crippen LogP contribution is -2.14. The van der Waals surface area contributed by atoms with Gasteiger partial charge in [-0.25, -0.2) is 17.8 Å². The Morgan fingerprint density at radius 3 is 2.63 bits per heavy atom. The average Bonchev–Trinajstić information content (AvgIpc) is 2.68. The van der Waals surface area contributed by atoms with Gasteiger partial charge in [-0.05, 0) is 25.5 Å². The zero-order valence-corrected chi connectivity index (χ0v) is 12.1.